The van der Waals surface area contributed by atoms with E-state index in [0.29, 0.717) is 5.56 Å². The van der Waals surface area contributed by atoms with E-state index in [9.17, 15) is 0 Å². The molecular weight excluding hydrogens is 288 g/mol. The highest BCUT2D eigenvalue weighted by Crippen LogP contribution is 2.28. The maximum absolute atomic E-state index is 8.89. The first-order valence-corrected chi connectivity index (χ1v) is 7.46. The highest BCUT2D eigenvalue weighted by atomic mass is 79.9. The van der Waals surface area contributed by atoms with Gasteiger partial charge in [0.25, 0.3) is 0 Å². The van der Waals surface area contributed by atoms with Gasteiger partial charge in [-0.2, -0.15) is 5.26 Å². The van der Waals surface area contributed by atoms with Crippen molar-refractivity contribution in [2.45, 2.75) is 39.5 Å². The number of nitrogens with zero attached hydrogens (tertiary/aromatic N) is 2. The molecule has 0 heterocycles. The number of benzene rings is 1. The van der Waals surface area contributed by atoms with Crippen LogP contribution in [0.15, 0.2) is 22.7 Å². The zero-order valence-corrected chi connectivity index (χ0v) is 12.8. The molecule has 0 aromatic heterocycles. The number of unbranched alkanes of at least 4 members (excludes halogenated alkanes) is 2. The summed E-state index contributed by atoms with van der Waals surface area (Å²) in [5.74, 6) is 0. The largest absolute Gasteiger partial charge is 0.371 e. The summed E-state index contributed by atoms with van der Waals surface area (Å²) in [7, 11) is 0. The van der Waals surface area contributed by atoms with Gasteiger partial charge in [-0.3, -0.25) is 0 Å². The van der Waals surface area contributed by atoms with E-state index in [1.807, 2.05) is 18.2 Å². The second kappa shape index (κ2) is 8.16. The van der Waals surface area contributed by atoms with Crippen LogP contribution in [0.1, 0.15) is 45.1 Å². The number of hydrogen-bond donors (Lipinski definition) is 0. The van der Waals surface area contributed by atoms with Gasteiger partial charge >= 0.3 is 0 Å². The first kappa shape index (κ1) is 15.0. The summed E-state index contributed by atoms with van der Waals surface area (Å²) in [6.45, 7) is 6.60. The molecule has 0 spiro atoms. The van der Waals surface area contributed by atoms with E-state index in [2.05, 4.69) is 40.7 Å². The smallest absolute Gasteiger partial charge is 0.0992 e. The van der Waals surface area contributed by atoms with Crippen molar-refractivity contribution in [3.63, 3.8) is 0 Å². The summed E-state index contributed by atoms with van der Waals surface area (Å²) >= 11 is 3.58. The minimum atomic E-state index is 0.705. The third-order valence-electron chi connectivity index (χ3n) is 2.98. The molecule has 98 valence electrons. The number of hydrogen-bond acceptors (Lipinski definition) is 2. The van der Waals surface area contributed by atoms with Gasteiger partial charge in [0.05, 0.1) is 17.3 Å². The molecule has 0 saturated carbocycles. The first-order valence-electron chi connectivity index (χ1n) is 6.67. The van der Waals surface area contributed by atoms with E-state index >= 15 is 0 Å². The summed E-state index contributed by atoms with van der Waals surface area (Å²) in [5.41, 5.74) is 1.91. The summed E-state index contributed by atoms with van der Waals surface area (Å²) < 4.78 is 1.02. The van der Waals surface area contributed by atoms with E-state index in [0.717, 1.165) is 17.6 Å². The van der Waals surface area contributed by atoms with Crippen LogP contribution < -0.4 is 4.90 Å². The Hall–Kier alpha value is -1.01. The van der Waals surface area contributed by atoms with Crippen LogP contribution in [0.25, 0.3) is 0 Å². The fourth-order valence-electron chi connectivity index (χ4n) is 1.88. The fourth-order valence-corrected chi connectivity index (χ4v) is 2.51. The lowest BCUT2D eigenvalue weighted by molar-refractivity contribution is 0.677. The summed E-state index contributed by atoms with van der Waals surface area (Å²) in [6, 6.07) is 8.02. The zero-order valence-electron chi connectivity index (χ0n) is 11.2. The lowest BCUT2D eigenvalue weighted by Crippen LogP contribution is -2.25. The highest BCUT2D eigenvalue weighted by molar-refractivity contribution is 9.10. The van der Waals surface area contributed by atoms with Crippen molar-refractivity contribution in [1.29, 1.82) is 5.26 Å². The van der Waals surface area contributed by atoms with Crippen molar-refractivity contribution in [3.8, 4) is 6.07 Å². The zero-order chi connectivity index (χ0) is 13.4. The molecule has 0 fully saturated rings. The first-order chi connectivity index (χ1) is 8.72. The molecule has 0 radical (unpaired) electrons. The van der Waals surface area contributed by atoms with Gasteiger partial charge in [-0.1, -0.05) is 26.7 Å². The Morgan fingerprint density at radius 3 is 2.22 bits per heavy atom. The molecule has 18 heavy (non-hydrogen) atoms. The topological polar surface area (TPSA) is 27.0 Å². The van der Waals surface area contributed by atoms with Gasteiger partial charge < -0.3 is 4.90 Å². The number of anilines is 1. The molecule has 0 aliphatic rings. The Kier molecular flexibility index (Phi) is 6.82. The third kappa shape index (κ3) is 4.34. The van der Waals surface area contributed by atoms with Gasteiger partial charge in [-0.05, 0) is 47.0 Å². The molecule has 1 aromatic rings. The normalized spacial score (nSPS) is 10.1. The van der Waals surface area contributed by atoms with Crippen molar-refractivity contribution in [2.75, 3.05) is 18.0 Å². The van der Waals surface area contributed by atoms with Gasteiger partial charge in [0, 0.05) is 17.6 Å². The Bertz CT molecular complexity index is 401. The van der Waals surface area contributed by atoms with Crippen molar-refractivity contribution in [3.05, 3.63) is 28.2 Å². The minimum Gasteiger partial charge on any atom is -0.371 e. The van der Waals surface area contributed by atoms with Crippen LogP contribution in [0.5, 0.6) is 0 Å². The van der Waals surface area contributed by atoms with Gasteiger partial charge in [0.1, 0.15) is 0 Å². The molecule has 3 heteroatoms. The Labute approximate surface area is 119 Å². The van der Waals surface area contributed by atoms with Crippen LogP contribution in [0.3, 0.4) is 0 Å². The molecular formula is C15H21BrN2. The van der Waals surface area contributed by atoms with E-state index in [1.165, 1.54) is 31.4 Å². The van der Waals surface area contributed by atoms with Gasteiger partial charge in [0.2, 0.25) is 0 Å². The summed E-state index contributed by atoms with van der Waals surface area (Å²) in [6.07, 6.45) is 4.82. The minimum absolute atomic E-state index is 0.705. The van der Waals surface area contributed by atoms with Crippen molar-refractivity contribution >= 4 is 21.6 Å². The predicted octanol–water partition coefficient (Wildman–Crippen LogP) is 4.73. The molecule has 0 N–H and O–H groups in total. The van der Waals surface area contributed by atoms with Crippen LogP contribution in [0.4, 0.5) is 5.69 Å². The predicted molar refractivity (Wildman–Crippen MR) is 80.9 cm³/mol. The van der Waals surface area contributed by atoms with Crippen LogP contribution in [-0.2, 0) is 0 Å². The van der Waals surface area contributed by atoms with Crippen LogP contribution in [-0.4, -0.2) is 13.1 Å². The molecule has 0 unspecified atom stereocenters. The third-order valence-corrected chi connectivity index (χ3v) is 3.62. The van der Waals surface area contributed by atoms with E-state index < -0.39 is 0 Å². The number of nitriles is 1. The Morgan fingerprint density at radius 1 is 1.17 bits per heavy atom. The SMILES string of the molecule is CCCCN(CCCC)c1ccc(C#N)cc1Br. The van der Waals surface area contributed by atoms with E-state index in [1.54, 1.807) is 0 Å². The Balaban J connectivity index is 2.86. The second-order valence-corrected chi connectivity index (χ2v) is 5.33. The van der Waals surface area contributed by atoms with Crippen LogP contribution in [0.2, 0.25) is 0 Å². The monoisotopic (exact) mass is 308 g/mol. The second-order valence-electron chi connectivity index (χ2n) is 4.47. The molecule has 0 saturated heterocycles. The van der Waals surface area contributed by atoms with E-state index in [-0.39, 0.29) is 0 Å². The molecule has 1 rings (SSSR count). The lowest BCUT2D eigenvalue weighted by Gasteiger charge is -2.26. The molecule has 0 amide bonds. The average molecular weight is 309 g/mol. The lowest BCUT2D eigenvalue weighted by atomic mass is 10.2. The molecule has 1 aromatic carbocycles. The van der Waals surface area contributed by atoms with Crippen molar-refractivity contribution in [2.24, 2.45) is 0 Å². The maximum Gasteiger partial charge on any atom is 0.0992 e. The highest BCUT2D eigenvalue weighted by Gasteiger charge is 2.09. The Morgan fingerprint density at radius 2 is 1.78 bits per heavy atom. The van der Waals surface area contributed by atoms with Crippen molar-refractivity contribution in [1.82, 2.24) is 0 Å². The van der Waals surface area contributed by atoms with Crippen LogP contribution >= 0.6 is 15.9 Å². The van der Waals surface area contributed by atoms with Crippen molar-refractivity contribution < 1.29 is 0 Å². The average Bonchev–Trinajstić information content (AvgIpc) is 2.39. The maximum atomic E-state index is 8.89. The molecule has 2 nitrogen and oxygen atoms in total. The molecule has 0 aliphatic heterocycles. The summed E-state index contributed by atoms with van der Waals surface area (Å²) in [4.78, 5) is 2.41. The quantitative estimate of drug-likeness (QED) is 0.728. The standard InChI is InChI=1S/C15H21BrN2/c1-3-5-9-18(10-6-4-2)15-8-7-13(12-17)11-14(15)16/h7-8,11H,3-6,9-10H2,1-2H3. The fraction of sp³-hybridized carbons (Fsp3) is 0.533. The summed E-state index contributed by atoms with van der Waals surface area (Å²) in [5, 5.41) is 8.89. The number of halogens is 1. The molecule has 0 atom stereocenters. The van der Waals surface area contributed by atoms with Gasteiger partial charge in [-0.25, -0.2) is 0 Å². The van der Waals surface area contributed by atoms with E-state index in [4.69, 9.17) is 5.26 Å². The van der Waals surface area contributed by atoms with Gasteiger partial charge in [0.15, 0.2) is 0 Å². The molecule has 0 bridgehead atoms. The number of rotatable bonds is 7. The van der Waals surface area contributed by atoms with Crippen LogP contribution in [0, 0.1) is 11.3 Å². The molecule has 0 aliphatic carbocycles. The van der Waals surface area contributed by atoms with Gasteiger partial charge in [-0.15, -0.1) is 0 Å².